The van der Waals surface area contributed by atoms with Crippen molar-refractivity contribution in [1.29, 1.82) is 5.26 Å². The number of anilines is 1. The minimum atomic E-state index is -4.76. The lowest BCUT2D eigenvalue weighted by Gasteiger charge is -2.41. The minimum absolute atomic E-state index is 0.0934. The van der Waals surface area contributed by atoms with Crippen LogP contribution in [0, 0.1) is 11.3 Å². The zero-order chi connectivity index (χ0) is 25.2. The molecule has 0 radical (unpaired) electrons. The molecule has 1 N–H and O–H groups in total. The van der Waals surface area contributed by atoms with Gasteiger partial charge in [0.2, 0.25) is 5.91 Å². The molecule has 2 aromatic carbocycles. The summed E-state index contributed by atoms with van der Waals surface area (Å²) in [5.74, 6) is -1.70. The number of nitrogens with zero attached hydrogens (tertiary/aromatic N) is 2. The van der Waals surface area contributed by atoms with E-state index in [2.05, 4.69) is 5.32 Å². The molecule has 1 aromatic heterocycles. The number of carbonyl (C=O) groups is 2. The van der Waals surface area contributed by atoms with E-state index in [0.29, 0.717) is 11.1 Å². The molecule has 0 bridgehead atoms. The molecule has 0 saturated carbocycles. The molecule has 2 heterocycles. The number of amides is 2. The summed E-state index contributed by atoms with van der Waals surface area (Å²) in [7, 11) is 1.51. The average molecular weight is 500 g/mol. The van der Waals surface area contributed by atoms with Gasteiger partial charge in [0, 0.05) is 29.8 Å². The molecule has 0 saturated heterocycles. The first-order valence-electron chi connectivity index (χ1n) is 10.6. The van der Waals surface area contributed by atoms with Crippen LogP contribution in [-0.2, 0) is 15.7 Å². The third-order valence-corrected chi connectivity index (χ3v) is 6.75. The third-order valence-electron chi connectivity index (χ3n) is 5.81. The summed E-state index contributed by atoms with van der Waals surface area (Å²) in [6.07, 6.45) is -4.76. The van der Waals surface area contributed by atoms with Gasteiger partial charge in [0.1, 0.15) is 0 Å². The molecular formula is C25H20F3N3O3S. The highest BCUT2D eigenvalue weighted by molar-refractivity contribution is 7.10. The predicted molar refractivity (Wildman–Crippen MR) is 124 cm³/mol. The molecule has 4 rings (SSSR count). The van der Waals surface area contributed by atoms with Crippen molar-refractivity contribution in [2.24, 2.45) is 0 Å². The summed E-state index contributed by atoms with van der Waals surface area (Å²) in [4.78, 5) is 29.4. The minimum Gasteiger partial charge on any atom is -0.383 e. The Bertz CT molecular complexity index is 1290. The van der Waals surface area contributed by atoms with Gasteiger partial charge in [-0.15, -0.1) is 11.3 Å². The highest BCUT2D eigenvalue weighted by atomic mass is 32.1. The molecule has 0 fully saturated rings. The Labute approximate surface area is 203 Å². The molecule has 2 unspecified atom stereocenters. The number of rotatable bonds is 6. The van der Waals surface area contributed by atoms with Gasteiger partial charge < -0.3 is 15.0 Å². The fourth-order valence-electron chi connectivity index (χ4n) is 4.26. The van der Waals surface area contributed by atoms with Gasteiger partial charge in [0.15, 0.2) is 0 Å². The van der Waals surface area contributed by atoms with Crippen molar-refractivity contribution in [3.05, 3.63) is 87.1 Å². The number of halogens is 3. The fraction of sp³-hybridized carbons (Fsp3) is 0.240. The molecule has 0 aliphatic carbocycles. The largest absolute Gasteiger partial charge is 0.417 e. The molecule has 1 aliphatic rings. The molecule has 3 aromatic rings. The van der Waals surface area contributed by atoms with Gasteiger partial charge in [-0.25, -0.2) is 0 Å². The summed E-state index contributed by atoms with van der Waals surface area (Å²) >= 11 is 1.38. The summed E-state index contributed by atoms with van der Waals surface area (Å²) in [5.41, 5.74) is -0.914. The first-order chi connectivity index (χ1) is 16.8. The zero-order valence-corrected chi connectivity index (χ0v) is 19.3. The monoisotopic (exact) mass is 499 g/mol. The van der Waals surface area contributed by atoms with Gasteiger partial charge in [-0.3, -0.25) is 9.59 Å². The smallest absolute Gasteiger partial charge is 0.383 e. The first-order valence-corrected chi connectivity index (χ1v) is 11.5. The van der Waals surface area contributed by atoms with Gasteiger partial charge in [-0.2, -0.15) is 18.4 Å². The predicted octanol–water partition coefficient (Wildman–Crippen LogP) is 5.20. The highest BCUT2D eigenvalue weighted by Crippen LogP contribution is 2.44. The summed E-state index contributed by atoms with van der Waals surface area (Å²) < 4.78 is 45.5. The SMILES string of the molecule is COCCN1C(=O)c2ccccc2C(C(=O)Nc2ccc(C#N)c(C(F)(F)F)c2)C1c1cccs1. The van der Waals surface area contributed by atoms with Crippen LogP contribution in [0.3, 0.4) is 0 Å². The highest BCUT2D eigenvalue weighted by Gasteiger charge is 2.44. The lowest BCUT2D eigenvalue weighted by molar-refractivity contribution is -0.137. The summed E-state index contributed by atoms with van der Waals surface area (Å²) in [5, 5.41) is 13.5. The number of nitrogens with one attached hydrogen (secondary N) is 1. The van der Waals surface area contributed by atoms with Crippen LogP contribution in [0.1, 0.15) is 43.9 Å². The third kappa shape index (κ3) is 4.78. The van der Waals surface area contributed by atoms with E-state index in [9.17, 15) is 22.8 Å². The van der Waals surface area contributed by atoms with Crippen LogP contribution < -0.4 is 5.32 Å². The second kappa shape index (κ2) is 9.90. The number of hydrogen-bond donors (Lipinski definition) is 1. The average Bonchev–Trinajstić information content (AvgIpc) is 3.37. The number of carbonyl (C=O) groups excluding carboxylic acids is 2. The molecule has 6 nitrogen and oxygen atoms in total. The van der Waals surface area contributed by atoms with Crippen molar-refractivity contribution in [2.75, 3.05) is 25.6 Å². The molecule has 2 atom stereocenters. The molecule has 10 heteroatoms. The van der Waals surface area contributed by atoms with Crippen LogP contribution in [-0.4, -0.2) is 37.0 Å². The Balaban J connectivity index is 1.78. The molecule has 1 aliphatic heterocycles. The number of alkyl halides is 3. The van der Waals surface area contributed by atoms with Crippen LogP contribution in [0.4, 0.5) is 18.9 Å². The van der Waals surface area contributed by atoms with Gasteiger partial charge in [0.05, 0.1) is 35.8 Å². The van der Waals surface area contributed by atoms with E-state index in [-0.39, 0.29) is 24.7 Å². The lowest BCUT2D eigenvalue weighted by Crippen LogP contribution is -2.47. The van der Waals surface area contributed by atoms with E-state index in [1.165, 1.54) is 30.6 Å². The van der Waals surface area contributed by atoms with E-state index >= 15 is 0 Å². The maximum absolute atomic E-state index is 13.7. The summed E-state index contributed by atoms with van der Waals surface area (Å²) in [6.45, 7) is 0.472. The number of fused-ring (bicyclic) bond motifs is 1. The number of nitriles is 1. The number of ether oxygens (including phenoxy) is 1. The van der Waals surface area contributed by atoms with E-state index in [1.54, 1.807) is 29.2 Å². The normalized spacial score (nSPS) is 17.6. The van der Waals surface area contributed by atoms with Crippen LogP contribution in [0.25, 0.3) is 0 Å². The van der Waals surface area contributed by atoms with Gasteiger partial charge in [-0.1, -0.05) is 24.3 Å². The number of hydrogen-bond acceptors (Lipinski definition) is 5. The Morgan fingerprint density at radius 1 is 1.20 bits per heavy atom. The van der Waals surface area contributed by atoms with Crippen molar-refractivity contribution in [3.8, 4) is 6.07 Å². The van der Waals surface area contributed by atoms with Crippen LogP contribution in [0.5, 0.6) is 0 Å². The Hall–Kier alpha value is -3.68. The lowest BCUT2D eigenvalue weighted by atomic mass is 9.81. The molecular weight excluding hydrogens is 479 g/mol. The number of thiophene rings is 1. The topological polar surface area (TPSA) is 82.4 Å². The second-order valence-electron chi connectivity index (χ2n) is 7.88. The molecule has 2 amide bonds. The van der Waals surface area contributed by atoms with Crippen molar-refractivity contribution >= 4 is 28.8 Å². The molecule has 180 valence electrons. The first kappa shape index (κ1) is 24.4. The Morgan fingerprint density at radius 3 is 2.63 bits per heavy atom. The van der Waals surface area contributed by atoms with Crippen molar-refractivity contribution in [2.45, 2.75) is 18.1 Å². The number of methoxy groups -OCH3 is 1. The van der Waals surface area contributed by atoms with E-state index in [0.717, 1.165) is 17.0 Å². The van der Waals surface area contributed by atoms with Gasteiger partial charge >= 0.3 is 6.18 Å². The van der Waals surface area contributed by atoms with E-state index < -0.39 is 35.2 Å². The molecule has 35 heavy (non-hydrogen) atoms. The van der Waals surface area contributed by atoms with Crippen molar-refractivity contribution < 1.29 is 27.5 Å². The van der Waals surface area contributed by atoms with Crippen LogP contribution >= 0.6 is 11.3 Å². The standard InChI is InChI=1S/C25H20F3N3O3S/c1-34-11-10-31-22(20-7-4-12-35-20)21(17-5-2-3-6-18(17)24(31)33)23(32)30-16-9-8-15(14-29)19(13-16)25(26,27)28/h2-9,12-13,21-22H,10-11H2,1H3,(H,30,32). The van der Waals surface area contributed by atoms with Gasteiger partial charge in [0.25, 0.3) is 5.91 Å². The maximum atomic E-state index is 13.7. The summed E-state index contributed by atoms with van der Waals surface area (Å²) in [6, 6.07) is 14.2. The van der Waals surface area contributed by atoms with Crippen molar-refractivity contribution in [3.63, 3.8) is 0 Å². The Kier molecular flexibility index (Phi) is 6.91. The zero-order valence-electron chi connectivity index (χ0n) is 18.5. The fourth-order valence-corrected chi connectivity index (χ4v) is 5.13. The van der Waals surface area contributed by atoms with E-state index in [1.807, 2.05) is 17.5 Å². The van der Waals surface area contributed by atoms with E-state index in [4.69, 9.17) is 10.00 Å². The van der Waals surface area contributed by atoms with Crippen LogP contribution in [0.15, 0.2) is 60.0 Å². The Morgan fingerprint density at radius 2 is 1.97 bits per heavy atom. The van der Waals surface area contributed by atoms with Crippen LogP contribution in [0.2, 0.25) is 0 Å². The second-order valence-corrected chi connectivity index (χ2v) is 8.85. The maximum Gasteiger partial charge on any atom is 0.417 e. The molecule has 0 spiro atoms. The van der Waals surface area contributed by atoms with Crippen molar-refractivity contribution in [1.82, 2.24) is 4.90 Å². The quantitative estimate of drug-likeness (QED) is 0.505. The number of benzene rings is 2. The van der Waals surface area contributed by atoms with Gasteiger partial charge in [-0.05, 0) is 41.3 Å².